The van der Waals surface area contributed by atoms with E-state index in [1.807, 2.05) is 30.3 Å². The van der Waals surface area contributed by atoms with Crippen LogP contribution in [0.2, 0.25) is 5.02 Å². The maximum absolute atomic E-state index is 13.7. The number of halogens is 2. The normalized spacial score (nSPS) is 10.5. The Bertz CT molecular complexity index is 995. The van der Waals surface area contributed by atoms with Crippen LogP contribution in [0.15, 0.2) is 64.5 Å². The average Bonchev–Trinajstić information content (AvgIpc) is 2.63. The van der Waals surface area contributed by atoms with Crippen molar-refractivity contribution in [3.8, 4) is 11.3 Å². The van der Waals surface area contributed by atoms with Gasteiger partial charge in [-0.1, -0.05) is 53.7 Å². The van der Waals surface area contributed by atoms with Crippen LogP contribution in [0.4, 0.5) is 10.1 Å². The van der Waals surface area contributed by atoms with Crippen molar-refractivity contribution in [1.82, 2.24) is 9.97 Å². The minimum absolute atomic E-state index is 0.0384. The van der Waals surface area contributed by atoms with E-state index in [1.165, 1.54) is 18.2 Å². The molecule has 0 bridgehead atoms. The Morgan fingerprint density at radius 2 is 1.96 bits per heavy atom. The molecule has 26 heavy (non-hydrogen) atoms. The average molecular weight is 390 g/mol. The number of nitrogens with zero attached hydrogens (tertiary/aromatic N) is 1. The van der Waals surface area contributed by atoms with Gasteiger partial charge in [0.05, 0.1) is 17.1 Å². The van der Waals surface area contributed by atoms with E-state index in [-0.39, 0.29) is 22.0 Å². The highest BCUT2D eigenvalue weighted by atomic mass is 35.5. The van der Waals surface area contributed by atoms with E-state index in [9.17, 15) is 14.0 Å². The van der Waals surface area contributed by atoms with Gasteiger partial charge >= 0.3 is 0 Å². The molecule has 0 atom stereocenters. The minimum atomic E-state index is -0.617. The van der Waals surface area contributed by atoms with Crippen molar-refractivity contribution in [2.75, 3.05) is 11.1 Å². The van der Waals surface area contributed by atoms with E-state index < -0.39 is 11.7 Å². The Kier molecular flexibility index (Phi) is 5.70. The van der Waals surface area contributed by atoms with Gasteiger partial charge in [-0.05, 0) is 18.2 Å². The molecule has 0 saturated heterocycles. The summed E-state index contributed by atoms with van der Waals surface area (Å²) in [6.45, 7) is 0. The summed E-state index contributed by atoms with van der Waals surface area (Å²) in [5.74, 6) is -1.08. The molecule has 2 N–H and O–H groups in total. The molecule has 132 valence electrons. The Balaban J connectivity index is 1.68. The molecule has 2 aromatic carbocycles. The third-order valence-electron chi connectivity index (χ3n) is 3.33. The Hall–Kier alpha value is -2.64. The summed E-state index contributed by atoms with van der Waals surface area (Å²) >= 11 is 6.73. The second kappa shape index (κ2) is 8.16. The number of nitrogens with one attached hydrogen (secondary N) is 2. The summed E-state index contributed by atoms with van der Waals surface area (Å²) in [5.41, 5.74) is 1.04. The molecule has 3 aromatic rings. The molecule has 0 aliphatic carbocycles. The van der Waals surface area contributed by atoms with Crippen molar-refractivity contribution in [2.45, 2.75) is 5.16 Å². The molecular weight excluding hydrogens is 377 g/mol. The Morgan fingerprint density at radius 3 is 2.69 bits per heavy atom. The van der Waals surface area contributed by atoms with Crippen molar-refractivity contribution in [3.63, 3.8) is 0 Å². The molecule has 3 rings (SSSR count). The zero-order chi connectivity index (χ0) is 18.5. The molecule has 0 fully saturated rings. The smallest absolute Gasteiger partial charge is 0.252 e. The number of rotatable bonds is 5. The van der Waals surface area contributed by atoms with Crippen LogP contribution in [0.5, 0.6) is 0 Å². The van der Waals surface area contributed by atoms with Gasteiger partial charge in [-0.2, -0.15) is 0 Å². The van der Waals surface area contributed by atoms with E-state index in [4.69, 9.17) is 11.6 Å². The zero-order valence-corrected chi connectivity index (χ0v) is 14.9. The molecule has 0 radical (unpaired) electrons. The lowest BCUT2D eigenvalue weighted by atomic mass is 10.1. The zero-order valence-electron chi connectivity index (χ0n) is 13.3. The number of carbonyl (C=O) groups excluding carboxylic acids is 1. The predicted molar refractivity (Wildman–Crippen MR) is 101 cm³/mol. The number of H-pyrrole nitrogens is 1. The number of aromatic nitrogens is 2. The first-order valence-corrected chi connectivity index (χ1v) is 8.92. The van der Waals surface area contributed by atoms with Gasteiger partial charge in [0, 0.05) is 16.7 Å². The predicted octanol–water partition coefficient (Wildman–Crippen LogP) is 3.96. The Labute approximate surface area is 157 Å². The molecule has 5 nitrogen and oxygen atoms in total. The van der Waals surface area contributed by atoms with Crippen LogP contribution in [0.25, 0.3) is 11.3 Å². The molecule has 0 saturated carbocycles. The maximum Gasteiger partial charge on any atom is 0.252 e. The molecule has 1 aromatic heterocycles. The van der Waals surface area contributed by atoms with Crippen molar-refractivity contribution in [2.24, 2.45) is 0 Å². The molecule has 8 heteroatoms. The van der Waals surface area contributed by atoms with Gasteiger partial charge in [0.15, 0.2) is 5.16 Å². The maximum atomic E-state index is 13.7. The summed E-state index contributed by atoms with van der Waals surface area (Å²) in [4.78, 5) is 30.8. The number of aromatic amines is 1. The van der Waals surface area contributed by atoms with Crippen molar-refractivity contribution >= 4 is 35.0 Å². The topological polar surface area (TPSA) is 74.8 Å². The standard InChI is InChI=1S/C18H13ClFN3O2S/c19-12-6-7-14(13(20)8-12)21-17(25)10-26-18-22-15(9-16(24)23-18)11-4-2-1-3-5-11/h1-9H,10H2,(H,21,25)(H,22,23,24). The van der Waals surface area contributed by atoms with E-state index in [1.54, 1.807) is 0 Å². The van der Waals surface area contributed by atoms with E-state index >= 15 is 0 Å². The van der Waals surface area contributed by atoms with Gasteiger partial charge in [-0.3, -0.25) is 9.59 Å². The highest BCUT2D eigenvalue weighted by molar-refractivity contribution is 7.99. The summed E-state index contributed by atoms with van der Waals surface area (Å²) in [7, 11) is 0. The van der Waals surface area contributed by atoms with Crippen LogP contribution in [-0.2, 0) is 4.79 Å². The fourth-order valence-corrected chi connectivity index (χ4v) is 3.01. The molecular formula is C18H13ClFN3O2S. The van der Waals surface area contributed by atoms with Gasteiger partial charge in [0.2, 0.25) is 5.91 Å². The van der Waals surface area contributed by atoms with Gasteiger partial charge in [-0.25, -0.2) is 9.37 Å². The summed E-state index contributed by atoms with van der Waals surface area (Å²) in [6, 6.07) is 14.6. The lowest BCUT2D eigenvalue weighted by Gasteiger charge is -2.07. The summed E-state index contributed by atoms with van der Waals surface area (Å²) < 4.78 is 13.7. The molecule has 0 aliphatic heterocycles. The highest BCUT2D eigenvalue weighted by Crippen LogP contribution is 2.21. The lowest BCUT2D eigenvalue weighted by Crippen LogP contribution is -2.16. The fraction of sp³-hybridized carbons (Fsp3) is 0.0556. The van der Waals surface area contributed by atoms with Gasteiger partial charge in [0.1, 0.15) is 5.82 Å². The van der Waals surface area contributed by atoms with Gasteiger partial charge in [0.25, 0.3) is 5.56 Å². The number of amides is 1. The Morgan fingerprint density at radius 1 is 1.19 bits per heavy atom. The van der Waals surface area contributed by atoms with Gasteiger partial charge < -0.3 is 10.3 Å². The first kappa shape index (κ1) is 18.2. The van der Waals surface area contributed by atoms with Crippen LogP contribution in [0.3, 0.4) is 0 Å². The molecule has 0 unspecified atom stereocenters. The fourth-order valence-electron chi connectivity index (χ4n) is 2.17. The van der Waals surface area contributed by atoms with E-state index in [2.05, 4.69) is 15.3 Å². The number of hydrogen-bond donors (Lipinski definition) is 2. The second-order valence-corrected chi connectivity index (χ2v) is 6.66. The first-order chi connectivity index (χ1) is 12.5. The third-order valence-corrected chi connectivity index (χ3v) is 4.44. The van der Waals surface area contributed by atoms with Crippen LogP contribution < -0.4 is 10.9 Å². The van der Waals surface area contributed by atoms with E-state index in [0.717, 1.165) is 23.4 Å². The molecule has 1 amide bonds. The summed E-state index contributed by atoms with van der Waals surface area (Å²) in [6.07, 6.45) is 0. The lowest BCUT2D eigenvalue weighted by molar-refractivity contribution is -0.113. The van der Waals surface area contributed by atoms with Gasteiger partial charge in [-0.15, -0.1) is 0 Å². The third kappa shape index (κ3) is 4.71. The van der Waals surface area contributed by atoms with E-state index in [0.29, 0.717) is 10.9 Å². The number of benzene rings is 2. The summed E-state index contributed by atoms with van der Waals surface area (Å²) in [5, 5.41) is 3.01. The number of hydrogen-bond acceptors (Lipinski definition) is 4. The largest absolute Gasteiger partial charge is 0.323 e. The minimum Gasteiger partial charge on any atom is -0.323 e. The number of thioether (sulfide) groups is 1. The monoisotopic (exact) mass is 389 g/mol. The van der Waals surface area contributed by atoms with Crippen molar-refractivity contribution < 1.29 is 9.18 Å². The molecule has 0 spiro atoms. The highest BCUT2D eigenvalue weighted by Gasteiger charge is 2.10. The van der Waals surface area contributed by atoms with Crippen LogP contribution in [0, 0.1) is 5.82 Å². The van der Waals surface area contributed by atoms with Crippen LogP contribution >= 0.6 is 23.4 Å². The number of anilines is 1. The number of carbonyl (C=O) groups is 1. The molecule has 1 heterocycles. The van der Waals surface area contributed by atoms with Crippen molar-refractivity contribution in [3.05, 3.63) is 75.8 Å². The van der Waals surface area contributed by atoms with Crippen LogP contribution in [-0.4, -0.2) is 21.6 Å². The SMILES string of the molecule is O=C(CSc1nc(-c2ccccc2)cc(=O)[nH]1)Nc1ccc(Cl)cc1F. The van der Waals surface area contributed by atoms with Crippen molar-refractivity contribution in [1.29, 1.82) is 0 Å². The second-order valence-electron chi connectivity index (χ2n) is 5.26. The first-order valence-electron chi connectivity index (χ1n) is 7.56. The molecule has 0 aliphatic rings. The quantitative estimate of drug-likeness (QED) is 0.511. The van der Waals surface area contributed by atoms with Crippen LogP contribution in [0.1, 0.15) is 0 Å².